The summed E-state index contributed by atoms with van der Waals surface area (Å²) in [6.07, 6.45) is 7.00. The lowest BCUT2D eigenvalue weighted by molar-refractivity contribution is 0.344. The van der Waals surface area contributed by atoms with Gasteiger partial charge in [0.25, 0.3) is 0 Å². The molecule has 1 aromatic carbocycles. The van der Waals surface area contributed by atoms with Crippen LogP contribution in [0.25, 0.3) is 0 Å². The zero-order chi connectivity index (χ0) is 12.3. The average Bonchev–Trinajstić information content (AvgIpc) is 3.11. The van der Waals surface area contributed by atoms with Gasteiger partial charge in [0.15, 0.2) is 0 Å². The SMILES string of the molecule is CC(C)CCC(C)(CC1CC1)c1ccccc1. The first-order valence-corrected chi connectivity index (χ1v) is 7.16. The Morgan fingerprint density at radius 2 is 1.82 bits per heavy atom. The van der Waals surface area contributed by atoms with Crippen molar-refractivity contribution in [2.75, 3.05) is 0 Å². The van der Waals surface area contributed by atoms with Crippen LogP contribution in [0.3, 0.4) is 0 Å². The van der Waals surface area contributed by atoms with Crippen LogP contribution in [-0.2, 0) is 5.41 Å². The fourth-order valence-electron chi connectivity index (χ4n) is 2.77. The Kier molecular flexibility index (Phi) is 3.91. The van der Waals surface area contributed by atoms with Gasteiger partial charge in [0.05, 0.1) is 0 Å². The first kappa shape index (κ1) is 12.7. The molecular weight excluding hydrogens is 204 g/mol. The van der Waals surface area contributed by atoms with Crippen LogP contribution >= 0.6 is 0 Å². The molecule has 2 rings (SSSR count). The molecule has 0 aromatic heterocycles. The summed E-state index contributed by atoms with van der Waals surface area (Å²) in [5.41, 5.74) is 1.96. The Balaban J connectivity index is 2.10. The molecule has 0 N–H and O–H groups in total. The van der Waals surface area contributed by atoms with Gasteiger partial charge in [-0.25, -0.2) is 0 Å². The molecule has 1 unspecified atom stereocenters. The molecule has 1 aliphatic rings. The topological polar surface area (TPSA) is 0 Å². The fraction of sp³-hybridized carbons (Fsp3) is 0.647. The van der Waals surface area contributed by atoms with Crippen molar-refractivity contribution < 1.29 is 0 Å². The lowest BCUT2D eigenvalue weighted by atomic mass is 9.73. The maximum atomic E-state index is 2.48. The highest BCUT2D eigenvalue weighted by atomic mass is 14.4. The van der Waals surface area contributed by atoms with Gasteiger partial charge in [-0.1, -0.05) is 70.4 Å². The lowest BCUT2D eigenvalue weighted by Gasteiger charge is -2.31. The van der Waals surface area contributed by atoms with Crippen LogP contribution < -0.4 is 0 Å². The summed E-state index contributed by atoms with van der Waals surface area (Å²) in [7, 11) is 0. The summed E-state index contributed by atoms with van der Waals surface area (Å²) in [6.45, 7) is 7.15. The zero-order valence-corrected chi connectivity index (χ0v) is 11.6. The van der Waals surface area contributed by atoms with Gasteiger partial charge in [-0.2, -0.15) is 0 Å². The molecule has 94 valence electrons. The molecule has 1 aliphatic carbocycles. The number of hydrogen-bond acceptors (Lipinski definition) is 0. The van der Waals surface area contributed by atoms with E-state index in [1.54, 1.807) is 5.56 Å². The Bertz CT molecular complexity index is 334. The monoisotopic (exact) mass is 230 g/mol. The van der Waals surface area contributed by atoms with Gasteiger partial charge in [-0.15, -0.1) is 0 Å². The standard InChI is InChI=1S/C17H26/c1-14(2)11-12-17(3,13-15-9-10-15)16-7-5-4-6-8-16/h4-8,14-15H,9-13H2,1-3H3. The molecular formula is C17H26. The maximum Gasteiger partial charge on any atom is -0.00725 e. The van der Waals surface area contributed by atoms with E-state index in [2.05, 4.69) is 51.1 Å². The third-order valence-electron chi connectivity index (χ3n) is 4.18. The Morgan fingerprint density at radius 1 is 1.18 bits per heavy atom. The molecule has 0 nitrogen and oxygen atoms in total. The molecule has 0 radical (unpaired) electrons. The third-order valence-corrected chi connectivity index (χ3v) is 4.18. The van der Waals surface area contributed by atoms with E-state index in [4.69, 9.17) is 0 Å². The highest BCUT2D eigenvalue weighted by Gasteiger charge is 2.34. The van der Waals surface area contributed by atoms with E-state index in [9.17, 15) is 0 Å². The highest BCUT2D eigenvalue weighted by Crippen LogP contribution is 2.44. The van der Waals surface area contributed by atoms with Crippen LogP contribution in [0.2, 0.25) is 0 Å². The summed E-state index contributed by atoms with van der Waals surface area (Å²) in [6, 6.07) is 11.2. The molecule has 0 heteroatoms. The molecule has 0 aliphatic heterocycles. The maximum absolute atomic E-state index is 2.48. The molecule has 0 bridgehead atoms. The predicted octanol–water partition coefficient (Wildman–Crippen LogP) is 5.18. The van der Waals surface area contributed by atoms with Gasteiger partial charge in [0.1, 0.15) is 0 Å². The van der Waals surface area contributed by atoms with E-state index in [1.165, 1.54) is 32.1 Å². The smallest absolute Gasteiger partial charge is 0.00725 e. The van der Waals surface area contributed by atoms with Gasteiger partial charge < -0.3 is 0 Å². The molecule has 0 saturated heterocycles. The van der Waals surface area contributed by atoms with Gasteiger partial charge in [-0.05, 0) is 35.7 Å². The fourth-order valence-corrected chi connectivity index (χ4v) is 2.77. The van der Waals surface area contributed by atoms with Crippen molar-refractivity contribution in [3.63, 3.8) is 0 Å². The second kappa shape index (κ2) is 5.25. The van der Waals surface area contributed by atoms with Crippen LogP contribution in [0.5, 0.6) is 0 Å². The molecule has 1 atom stereocenters. The van der Waals surface area contributed by atoms with Crippen LogP contribution in [0.4, 0.5) is 0 Å². The highest BCUT2D eigenvalue weighted by molar-refractivity contribution is 5.24. The van der Waals surface area contributed by atoms with E-state index in [0.717, 1.165) is 11.8 Å². The second-order valence-electron chi connectivity index (χ2n) is 6.51. The molecule has 1 saturated carbocycles. The molecule has 1 aromatic rings. The normalized spacial score (nSPS) is 19.3. The van der Waals surface area contributed by atoms with Crippen molar-refractivity contribution >= 4 is 0 Å². The Morgan fingerprint density at radius 3 is 2.35 bits per heavy atom. The predicted molar refractivity (Wildman–Crippen MR) is 75.2 cm³/mol. The summed E-state index contributed by atoms with van der Waals surface area (Å²) in [5.74, 6) is 1.82. The quantitative estimate of drug-likeness (QED) is 0.631. The summed E-state index contributed by atoms with van der Waals surface area (Å²) in [4.78, 5) is 0. The van der Waals surface area contributed by atoms with Crippen molar-refractivity contribution in [2.45, 2.75) is 58.3 Å². The summed E-state index contributed by atoms with van der Waals surface area (Å²) >= 11 is 0. The van der Waals surface area contributed by atoms with E-state index in [1.807, 2.05) is 0 Å². The molecule has 17 heavy (non-hydrogen) atoms. The minimum atomic E-state index is 0.409. The number of benzene rings is 1. The minimum Gasteiger partial charge on any atom is -0.0628 e. The van der Waals surface area contributed by atoms with Crippen molar-refractivity contribution in [2.24, 2.45) is 11.8 Å². The molecule has 0 heterocycles. The molecule has 0 amide bonds. The lowest BCUT2D eigenvalue weighted by Crippen LogP contribution is -2.23. The van der Waals surface area contributed by atoms with Gasteiger partial charge in [0, 0.05) is 0 Å². The van der Waals surface area contributed by atoms with Gasteiger partial charge >= 0.3 is 0 Å². The van der Waals surface area contributed by atoms with E-state index >= 15 is 0 Å². The minimum absolute atomic E-state index is 0.409. The van der Waals surface area contributed by atoms with E-state index in [0.29, 0.717) is 5.41 Å². The van der Waals surface area contributed by atoms with Crippen molar-refractivity contribution in [1.82, 2.24) is 0 Å². The largest absolute Gasteiger partial charge is 0.0628 e. The molecule has 1 fully saturated rings. The average molecular weight is 230 g/mol. The van der Waals surface area contributed by atoms with Crippen LogP contribution in [0.15, 0.2) is 30.3 Å². The van der Waals surface area contributed by atoms with E-state index in [-0.39, 0.29) is 0 Å². The first-order chi connectivity index (χ1) is 8.10. The van der Waals surface area contributed by atoms with E-state index < -0.39 is 0 Å². The van der Waals surface area contributed by atoms with Crippen LogP contribution in [-0.4, -0.2) is 0 Å². The van der Waals surface area contributed by atoms with Crippen molar-refractivity contribution in [3.05, 3.63) is 35.9 Å². The van der Waals surface area contributed by atoms with Gasteiger partial charge in [0.2, 0.25) is 0 Å². The Hall–Kier alpha value is -0.780. The molecule has 0 spiro atoms. The second-order valence-corrected chi connectivity index (χ2v) is 6.51. The van der Waals surface area contributed by atoms with Gasteiger partial charge in [-0.3, -0.25) is 0 Å². The van der Waals surface area contributed by atoms with Crippen molar-refractivity contribution in [3.8, 4) is 0 Å². The van der Waals surface area contributed by atoms with Crippen LogP contribution in [0, 0.1) is 11.8 Å². The Labute approximate surface area is 106 Å². The third kappa shape index (κ3) is 3.59. The number of rotatable bonds is 6. The summed E-state index contributed by atoms with van der Waals surface area (Å²) in [5, 5.41) is 0. The van der Waals surface area contributed by atoms with Crippen LogP contribution in [0.1, 0.15) is 58.4 Å². The number of hydrogen-bond donors (Lipinski definition) is 0. The van der Waals surface area contributed by atoms with Crippen molar-refractivity contribution in [1.29, 1.82) is 0 Å². The first-order valence-electron chi connectivity index (χ1n) is 7.16. The summed E-state index contributed by atoms with van der Waals surface area (Å²) < 4.78 is 0. The zero-order valence-electron chi connectivity index (χ0n) is 11.6.